The summed E-state index contributed by atoms with van der Waals surface area (Å²) in [5, 5.41) is 15.8. The first kappa shape index (κ1) is 25.0. The van der Waals surface area contributed by atoms with E-state index in [9.17, 15) is 18.3 Å². The summed E-state index contributed by atoms with van der Waals surface area (Å²) in [5.41, 5.74) is 4.13. The van der Waals surface area contributed by atoms with Gasteiger partial charge < -0.3 is 5.11 Å². The average molecular weight is 500 g/mol. The fraction of sp³-hybridized carbons (Fsp3) is 0.690. The number of ketones is 1. The van der Waals surface area contributed by atoms with E-state index in [-0.39, 0.29) is 44.9 Å². The number of carbonyl (C=O) groups excluding carboxylic acids is 1. The third kappa shape index (κ3) is 3.34. The highest BCUT2D eigenvalue weighted by atomic mass is 32.2. The van der Waals surface area contributed by atoms with Crippen molar-refractivity contribution < 1.29 is 18.3 Å². The maximum Gasteiger partial charge on any atom is 0.220 e. The lowest BCUT2D eigenvalue weighted by Crippen LogP contribution is -2.61. The molecule has 0 heterocycles. The molecule has 0 aromatic rings. The van der Waals surface area contributed by atoms with Gasteiger partial charge in [0.15, 0.2) is 5.76 Å². The Labute approximate surface area is 210 Å². The van der Waals surface area contributed by atoms with Gasteiger partial charge in [0.25, 0.3) is 0 Å². The van der Waals surface area contributed by atoms with Crippen molar-refractivity contribution in [2.75, 3.05) is 5.75 Å². The van der Waals surface area contributed by atoms with Crippen molar-refractivity contribution >= 4 is 15.8 Å². The van der Waals surface area contributed by atoms with Gasteiger partial charge in [-0.05, 0) is 96.7 Å². The molecule has 3 fully saturated rings. The highest BCUT2D eigenvalue weighted by molar-refractivity contribution is 7.89. The van der Waals surface area contributed by atoms with Crippen molar-refractivity contribution in [2.24, 2.45) is 44.6 Å². The van der Waals surface area contributed by atoms with E-state index in [1.165, 1.54) is 5.57 Å². The van der Waals surface area contributed by atoms with Gasteiger partial charge in [0.1, 0.15) is 0 Å². The molecule has 5 nitrogen and oxygen atoms in total. The van der Waals surface area contributed by atoms with Crippen LogP contribution in [0.3, 0.4) is 0 Å². The highest BCUT2D eigenvalue weighted by Gasteiger charge is 2.66. The second-order valence-corrected chi connectivity index (χ2v) is 15.0. The van der Waals surface area contributed by atoms with E-state index in [1.807, 2.05) is 6.92 Å². The largest absolute Gasteiger partial charge is 0.504 e. The van der Waals surface area contributed by atoms with E-state index in [0.717, 1.165) is 49.7 Å². The van der Waals surface area contributed by atoms with Crippen LogP contribution in [0.15, 0.2) is 46.3 Å². The van der Waals surface area contributed by atoms with Gasteiger partial charge in [0.2, 0.25) is 15.8 Å². The number of hydrogen-bond acceptors (Lipinski definition) is 4. The lowest BCUT2D eigenvalue weighted by Gasteiger charge is -2.70. The molecule has 3 N–H and O–H groups in total. The first-order chi connectivity index (χ1) is 16.1. The number of allylic oxidation sites excluding steroid dienone is 7. The van der Waals surface area contributed by atoms with Crippen molar-refractivity contribution in [3.05, 3.63) is 46.3 Å². The zero-order chi connectivity index (χ0) is 25.8. The van der Waals surface area contributed by atoms with Crippen LogP contribution in [0.2, 0.25) is 0 Å². The molecule has 0 bridgehead atoms. The lowest BCUT2D eigenvalue weighted by molar-refractivity contribution is -0.156. The van der Waals surface area contributed by atoms with Crippen molar-refractivity contribution in [1.29, 1.82) is 0 Å². The van der Waals surface area contributed by atoms with Crippen LogP contribution >= 0.6 is 0 Å². The van der Waals surface area contributed by atoms with Crippen molar-refractivity contribution in [3.8, 4) is 0 Å². The van der Waals surface area contributed by atoms with Crippen LogP contribution in [-0.2, 0) is 14.8 Å². The Morgan fingerprint density at radius 3 is 2.43 bits per heavy atom. The molecule has 35 heavy (non-hydrogen) atoms. The number of fused-ring (bicyclic) bond motifs is 7. The lowest BCUT2D eigenvalue weighted by atomic mass is 9.34. The third-order valence-corrected chi connectivity index (χ3v) is 12.4. The first-order valence-corrected chi connectivity index (χ1v) is 14.9. The van der Waals surface area contributed by atoms with Crippen molar-refractivity contribution in [2.45, 2.75) is 80.1 Å². The van der Waals surface area contributed by atoms with Crippen LogP contribution in [0.1, 0.15) is 80.1 Å². The minimum atomic E-state index is -3.49. The maximum absolute atomic E-state index is 12.6. The van der Waals surface area contributed by atoms with Crippen LogP contribution in [0, 0.1) is 39.4 Å². The molecule has 0 aromatic heterocycles. The molecule has 5 aliphatic rings. The van der Waals surface area contributed by atoms with Crippen molar-refractivity contribution in [3.63, 3.8) is 0 Å². The Balaban J connectivity index is 1.57. The van der Waals surface area contributed by atoms with E-state index in [2.05, 4.69) is 46.8 Å². The normalized spacial score (nSPS) is 45.4. The summed E-state index contributed by atoms with van der Waals surface area (Å²) in [6, 6.07) is 0. The highest BCUT2D eigenvalue weighted by Crippen LogP contribution is 2.75. The Morgan fingerprint density at radius 2 is 1.77 bits per heavy atom. The quantitative estimate of drug-likeness (QED) is 0.505. The van der Waals surface area contributed by atoms with E-state index in [1.54, 1.807) is 6.08 Å². The number of aliphatic hydroxyl groups excluding tert-OH is 1. The molecule has 1 unspecified atom stereocenters. The number of nitrogens with two attached hydrogens (primary N) is 1. The van der Waals surface area contributed by atoms with Gasteiger partial charge in [-0.1, -0.05) is 52.3 Å². The topological polar surface area (TPSA) is 97.5 Å². The molecule has 5 rings (SSSR count). The average Bonchev–Trinajstić information content (AvgIpc) is 2.75. The fourth-order valence-corrected chi connectivity index (χ4v) is 10.3. The van der Waals surface area contributed by atoms with Crippen LogP contribution in [0.4, 0.5) is 0 Å². The van der Waals surface area contributed by atoms with E-state index >= 15 is 0 Å². The van der Waals surface area contributed by atoms with Gasteiger partial charge in [0.05, 0.1) is 5.75 Å². The molecule has 0 amide bonds. The minimum absolute atomic E-state index is 0.0142. The predicted molar refractivity (Wildman–Crippen MR) is 139 cm³/mol. The zero-order valence-corrected chi connectivity index (χ0v) is 22.9. The van der Waals surface area contributed by atoms with E-state index in [4.69, 9.17) is 5.14 Å². The molecule has 6 heteroatoms. The summed E-state index contributed by atoms with van der Waals surface area (Å²) < 4.78 is 23.9. The van der Waals surface area contributed by atoms with Gasteiger partial charge in [-0.15, -0.1) is 0 Å². The number of rotatable bonds is 2. The van der Waals surface area contributed by atoms with Crippen LogP contribution in [0.5, 0.6) is 0 Å². The Morgan fingerprint density at radius 1 is 1.09 bits per heavy atom. The van der Waals surface area contributed by atoms with Crippen LogP contribution < -0.4 is 5.14 Å². The SMILES string of the molecule is CC1=C(O)C(=O)C=C2C1=CC=C1[C@@]2(C)CC[C@@]2(C)[C@@H]3C[C@@H](C)C(CS(N)(=O)=O)C[C@]3(C)CC[C@]12C. The Kier molecular flexibility index (Phi) is 5.32. The van der Waals surface area contributed by atoms with Crippen LogP contribution in [-0.4, -0.2) is 25.1 Å². The number of primary sulfonamides is 1. The molecule has 0 radical (unpaired) electrons. The summed E-state index contributed by atoms with van der Waals surface area (Å²) >= 11 is 0. The monoisotopic (exact) mass is 499 g/mol. The molecule has 5 aliphatic carbocycles. The molecule has 0 aliphatic heterocycles. The first-order valence-electron chi connectivity index (χ1n) is 13.2. The van der Waals surface area contributed by atoms with Gasteiger partial charge in [-0.2, -0.15) is 0 Å². The van der Waals surface area contributed by atoms with Gasteiger partial charge in [-0.25, -0.2) is 13.6 Å². The Hall–Kier alpha value is -1.66. The predicted octanol–water partition coefficient (Wildman–Crippen LogP) is 5.76. The number of sulfonamides is 1. The smallest absolute Gasteiger partial charge is 0.220 e. The van der Waals surface area contributed by atoms with Gasteiger partial charge >= 0.3 is 0 Å². The molecular formula is C29H41NO4S. The maximum atomic E-state index is 12.6. The molecule has 0 saturated heterocycles. The minimum Gasteiger partial charge on any atom is -0.504 e. The second kappa shape index (κ2) is 7.44. The summed E-state index contributed by atoms with van der Waals surface area (Å²) in [6.07, 6.45) is 12.2. The van der Waals surface area contributed by atoms with E-state index in [0.29, 0.717) is 17.4 Å². The van der Waals surface area contributed by atoms with E-state index < -0.39 is 10.0 Å². The molecule has 0 aromatic carbocycles. The third-order valence-electron chi connectivity index (χ3n) is 11.6. The molecular weight excluding hydrogens is 458 g/mol. The summed E-state index contributed by atoms with van der Waals surface area (Å²) in [5.74, 6) is 0.612. The van der Waals surface area contributed by atoms with Crippen LogP contribution in [0.25, 0.3) is 0 Å². The number of carbonyl (C=O) groups is 1. The summed E-state index contributed by atoms with van der Waals surface area (Å²) in [7, 11) is -3.49. The zero-order valence-electron chi connectivity index (χ0n) is 22.1. The summed E-state index contributed by atoms with van der Waals surface area (Å²) in [4.78, 5) is 12.6. The molecule has 0 spiro atoms. The Bertz CT molecular complexity index is 1240. The van der Waals surface area contributed by atoms with Crippen molar-refractivity contribution in [1.82, 2.24) is 0 Å². The van der Waals surface area contributed by atoms with Gasteiger partial charge in [0, 0.05) is 11.0 Å². The second-order valence-electron chi connectivity index (χ2n) is 13.4. The van der Waals surface area contributed by atoms with Gasteiger partial charge in [-0.3, -0.25) is 4.79 Å². The number of hydrogen-bond donors (Lipinski definition) is 2. The molecule has 7 atom stereocenters. The number of aliphatic hydroxyl groups is 1. The summed E-state index contributed by atoms with van der Waals surface area (Å²) in [6.45, 7) is 13.7. The molecule has 192 valence electrons. The molecule has 3 saturated carbocycles. The fourth-order valence-electron chi connectivity index (χ4n) is 9.25. The standard InChI is InChI=1S/C29H41NO4S/c1-17-13-24-26(3,15-19(17)16-35(30,33)34)9-11-28(5)23-8-7-20-18(2)25(32)22(31)14-21(20)27(23,4)10-12-29(24,28)6/h7-8,14,17,19,24,32H,9-13,15-16H2,1-6H3,(H2,30,33,34)/t17-,19?,24-,26+,27+,28-,29+/m1/s1.